The van der Waals surface area contributed by atoms with Gasteiger partial charge in [-0.3, -0.25) is 0 Å². The van der Waals surface area contributed by atoms with E-state index in [4.69, 9.17) is 23.6 Å². The average Bonchev–Trinajstić information content (AvgIpc) is 2.57. The molecule has 23 heavy (non-hydrogen) atoms. The molecule has 0 fully saturated rings. The van der Waals surface area contributed by atoms with E-state index >= 15 is 0 Å². The van der Waals surface area contributed by atoms with Crippen LogP contribution < -0.4 is 0 Å². The molecule has 0 amide bonds. The zero-order valence-electron chi connectivity index (χ0n) is 16.1. The topological polar surface area (TPSA) is 0 Å². The van der Waals surface area contributed by atoms with E-state index in [9.17, 15) is 0 Å². The van der Waals surface area contributed by atoms with Crippen molar-refractivity contribution in [3.05, 3.63) is 0 Å². The van der Waals surface area contributed by atoms with Crippen LogP contribution in [0.2, 0.25) is 8.87 Å². The van der Waals surface area contributed by atoms with Crippen LogP contribution >= 0.6 is 27.6 Å². The Kier molecular flexibility index (Phi) is 14.6. The van der Waals surface area contributed by atoms with Crippen molar-refractivity contribution in [2.75, 3.05) is 24.6 Å². The Morgan fingerprint density at radius 3 is 1.17 bits per heavy atom. The molecule has 0 atom stereocenters. The fourth-order valence-corrected chi connectivity index (χ4v) is 124. The summed E-state index contributed by atoms with van der Waals surface area (Å²) in [5.74, 6) is 0. The Balaban J connectivity index is 5.64. The minimum absolute atomic E-state index is 1.20. The number of rotatable bonds is 14. The Morgan fingerprint density at radius 1 is 0.652 bits per heavy atom. The minimum atomic E-state index is -2.37. The molecule has 0 aromatic carbocycles. The summed E-state index contributed by atoms with van der Waals surface area (Å²) in [6, 6.07) is 0. The van der Waals surface area contributed by atoms with Gasteiger partial charge in [0.05, 0.1) is 0 Å². The van der Waals surface area contributed by atoms with E-state index in [1.807, 2.05) is 0 Å². The van der Waals surface area contributed by atoms with Crippen LogP contribution in [0.3, 0.4) is 0 Å². The van der Waals surface area contributed by atoms with Gasteiger partial charge < -0.3 is 0 Å². The van der Waals surface area contributed by atoms with Crippen LogP contribution in [0.25, 0.3) is 0 Å². The summed E-state index contributed by atoms with van der Waals surface area (Å²) in [6.07, 6.45) is 10.4. The summed E-state index contributed by atoms with van der Waals surface area (Å²) in [6.45, 7) is 14.1. The van der Waals surface area contributed by atoms with Crippen LogP contribution in [0.4, 0.5) is 0 Å². The van der Waals surface area contributed by atoms with Crippen molar-refractivity contribution in [1.82, 2.24) is 0 Å². The van der Waals surface area contributed by atoms with E-state index in [2.05, 4.69) is 58.7 Å². The van der Waals surface area contributed by atoms with Gasteiger partial charge in [0.15, 0.2) is 0 Å². The number of hydrogen-bond donors (Lipinski definition) is 0. The molecule has 0 unspecified atom stereocenters. The SMILES string of the molecule is CCC[CH2][Sn]([CH2]CCC)([S]P(=S)(CC)CC)[S]P(=S)(CC)CC. The fourth-order valence-electron chi connectivity index (χ4n) is 2.53. The van der Waals surface area contributed by atoms with Gasteiger partial charge in [0.25, 0.3) is 0 Å². The second kappa shape index (κ2) is 13.1. The second-order valence-corrected chi connectivity index (χ2v) is 52.9. The van der Waals surface area contributed by atoms with E-state index in [0.29, 0.717) is 0 Å². The molecule has 0 aliphatic heterocycles. The molecular formula is C16H38P2S4Sn. The summed E-state index contributed by atoms with van der Waals surface area (Å²) in [5, 5.41) is -2.39. The standard InChI is InChI=1S/2C4H11PS2.2C4H9.Sn/c2*1-3-5(6,7)4-2;2*1-3-4-2;/h2*3-4H2,1-2H3,(H,6,7);2*1,3-4H2,2H3;/q;;;;+2/p-2. The molecule has 0 spiro atoms. The van der Waals surface area contributed by atoms with Crippen molar-refractivity contribution in [1.29, 1.82) is 0 Å². The zero-order valence-corrected chi connectivity index (χ0v) is 24.0. The van der Waals surface area contributed by atoms with Crippen LogP contribution in [0.1, 0.15) is 67.2 Å². The Hall–Kier alpha value is 2.80. The van der Waals surface area contributed by atoms with E-state index in [1.165, 1.54) is 59.2 Å². The average molecular weight is 539 g/mol. The van der Waals surface area contributed by atoms with Crippen LogP contribution in [-0.4, -0.2) is 40.3 Å². The maximum absolute atomic E-state index is 6.21. The van der Waals surface area contributed by atoms with Gasteiger partial charge in [0, 0.05) is 0 Å². The van der Waals surface area contributed by atoms with Crippen LogP contribution in [0.5, 0.6) is 0 Å². The molecule has 0 N–H and O–H groups in total. The molecule has 0 aromatic rings. The van der Waals surface area contributed by atoms with E-state index in [1.54, 1.807) is 0 Å². The number of hydrogen-bond acceptors (Lipinski definition) is 4. The molecule has 7 heteroatoms. The molecule has 0 saturated carbocycles. The first kappa shape index (κ1) is 25.8. The first-order valence-electron chi connectivity index (χ1n) is 9.35. The van der Waals surface area contributed by atoms with Gasteiger partial charge in [-0.2, -0.15) is 0 Å². The third-order valence-corrected chi connectivity index (χ3v) is 83.8. The summed E-state index contributed by atoms with van der Waals surface area (Å²) in [4.78, 5) is 0. The van der Waals surface area contributed by atoms with E-state index in [-0.39, 0.29) is 0 Å². The van der Waals surface area contributed by atoms with E-state index in [0.717, 1.165) is 0 Å². The molecule has 0 radical (unpaired) electrons. The summed E-state index contributed by atoms with van der Waals surface area (Å²) in [5.41, 5.74) is 0. The molecule has 0 aliphatic rings. The predicted octanol–water partition coefficient (Wildman–Crippen LogP) is 8.36. The second-order valence-electron chi connectivity index (χ2n) is 6.19. The molecule has 0 aromatic heterocycles. The normalized spacial score (nSPS) is 13.5. The van der Waals surface area contributed by atoms with E-state index < -0.39 is 26.1 Å². The summed E-state index contributed by atoms with van der Waals surface area (Å²) >= 11 is 10.0. The Labute approximate surface area is 166 Å². The maximum atomic E-state index is 6.21. The van der Waals surface area contributed by atoms with Crippen molar-refractivity contribution in [3.63, 3.8) is 0 Å². The van der Waals surface area contributed by atoms with Gasteiger partial charge in [-0.25, -0.2) is 0 Å². The van der Waals surface area contributed by atoms with Gasteiger partial charge in [-0.1, -0.05) is 0 Å². The molecular weight excluding hydrogens is 501 g/mol. The quantitative estimate of drug-likeness (QED) is 0.161. The van der Waals surface area contributed by atoms with Gasteiger partial charge in [-0.15, -0.1) is 0 Å². The zero-order chi connectivity index (χ0) is 18.0. The van der Waals surface area contributed by atoms with Crippen LogP contribution in [0, 0.1) is 0 Å². The first-order valence-corrected chi connectivity index (χ1v) is 29.6. The molecule has 0 bridgehead atoms. The van der Waals surface area contributed by atoms with Crippen molar-refractivity contribution >= 4 is 66.8 Å². The summed E-state index contributed by atoms with van der Waals surface area (Å²) < 4.78 is 3.02. The molecule has 0 saturated heterocycles. The predicted molar refractivity (Wildman–Crippen MR) is 131 cm³/mol. The fraction of sp³-hybridized carbons (Fsp3) is 1.00. The molecule has 140 valence electrons. The molecule has 0 aliphatic carbocycles. The Bertz CT molecular complexity index is 361. The van der Waals surface area contributed by atoms with Crippen molar-refractivity contribution in [3.8, 4) is 0 Å². The van der Waals surface area contributed by atoms with Crippen molar-refractivity contribution in [2.45, 2.75) is 76.1 Å². The van der Waals surface area contributed by atoms with Gasteiger partial charge in [0.1, 0.15) is 0 Å². The van der Waals surface area contributed by atoms with Crippen molar-refractivity contribution in [2.24, 2.45) is 0 Å². The Morgan fingerprint density at radius 2 is 0.957 bits per heavy atom. The monoisotopic (exact) mass is 540 g/mol. The van der Waals surface area contributed by atoms with Gasteiger partial charge in [-0.05, 0) is 0 Å². The van der Waals surface area contributed by atoms with Crippen LogP contribution in [0.15, 0.2) is 0 Å². The van der Waals surface area contributed by atoms with Crippen LogP contribution in [-0.2, 0) is 23.6 Å². The first-order chi connectivity index (χ1) is 10.8. The molecule has 0 rings (SSSR count). The number of unbranched alkanes of at least 4 members (excludes halogenated alkanes) is 2. The van der Waals surface area contributed by atoms with Crippen molar-refractivity contribution < 1.29 is 0 Å². The molecule has 0 heterocycles. The third kappa shape index (κ3) is 9.52. The third-order valence-electron chi connectivity index (χ3n) is 4.42. The summed E-state index contributed by atoms with van der Waals surface area (Å²) in [7, 11) is 4.87. The van der Waals surface area contributed by atoms with Gasteiger partial charge in [0.2, 0.25) is 0 Å². The van der Waals surface area contributed by atoms with Gasteiger partial charge >= 0.3 is 168 Å². The molecule has 0 nitrogen and oxygen atoms in total.